The monoisotopic (exact) mass is 308 g/mol. The van der Waals surface area contributed by atoms with Crippen LogP contribution in [-0.4, -0.2) is 29.3 Å². The lowest BCUT2D eigenvalue weighted by Gasteiger charge is -2.16. The van der Waals surface area contributed by atoms with E-state index < -0.39 is 0 Å². The number of rotatable bonds is 5. The topological polar surface area (TPSA) is 33.2 Å². The van der Waals surface area contributed by atoms with E-state index >= 15 is 0 Å². The highest BCUT2D eigenvalue weighted by Gasteiger charge is 2.13. The van der Waals surface area contributed by atoms with Crippen LogP contribution in [0.15, 0.2) is 42.7 Å². The summed E-state index contributed by atoms with van der Waals surface area (Å²) >= 11 is 11.9. The van der Waals surface area contributed by atoms with E-state index in [1.54, 1.807) is 30.6 Å². The van der Waals surface area contributed by atoms with E-state index in [1.165, 1.54) is 0 Å². The molecule has 0 radical (unpaired) electrons. The summed E-state index contributed by atoms with van der Waals surface area (Å²) < 4.78 is 0. The molecule has 1 heterocycles. The van der Waals surface area contributed by atoms with Gasteiger partial charge in [0.1, 0.15) is 0 Å². The van der Waals surface area contributed by atoms with Crippen molar-refractivity contribution in [2.45, 2.75) is 6.54 Å². The summed E-state index contributed by atoms with van der Waals surface area (Å²) in [6.45, 7) is 0.945. The quantitative estimate of drug-likeness (QED) is 0.790. The Morgan fingerprint density at radius 3 is 2.75 bits per heavy atom. The van der Waals surface area contributed by atoms with Crippen LogP contribution in [0.3, 0.4) is 0 Å². The summed E-state index contributed by atoms with van der Waals surface area (Å²) in [6.07, 6.45) is 3.51. The molecule has 0 aliphatic carbocycles. The molecule has 0 atom stereocenters. The second-order valence-corrected chi connectivity index (χ2v) is 5.42. The molecular weight excluding hydrogens is 295 g/mol. The molecule has 0 unspecified atom stereocenters. The number of halogens is 2. The Labute approximate surface area is 128 Å². The van der Waals surface area contributed by atoms with Crippen LogP contribution in [0.5, 0.6) is 0 Å². The molecule has 2 rings (SSSR count). The van der Waals surface area contributed by atoms with Crippen molar-refractivity contribution in [1.82, 2.24) is 9.88 Å². The molecule has 1 aromatic carbocycles. The van der Waals surface area contributed by atoms with E-state index in [9.17, 15) is 4.79 Å². The maximum atomic E-state index is 12.2. The van der Waals surface area contributed by atoms with Crippen molar-refractivity contribution >= 4 is 29.0 Å². The molecule has 0 spiro atoms. The zero-order chi connectivity index (χ0) is 14.5. The Morgan fingerprint density at radius 1 is 1.30 bits per heavy atom. The molecule has 1 aromatic heterocycles. The van der Waals surface area contributed by atoms with Crippen molar-refractivity contribution < 1.29 is 4.79 Å². The van der Waals surface area contributed by atoms with E-state index in [1.807, 2.05) is 24.1 Å². The van der Waals surface area contributed by atoms with Crippen molar-refractivity contribution in [3.63, 3.8) is 0 Å². The Kier molecular flexibility index (Phi) is 5.12. The smallest absolute Gasteiger partial charge is 0.178 e. The summed E-state index contributed by atoms with van der Waals surface area (Å²) in [7, 11) is 1.88. The Balaban J connectivity index is 2.00. The molecule has 0 fully saturated rings. The third-order valence-electron chi connectivity index (χ3n) is 2.82. The molecule has 0 aliphatic heterocycles. The van der Waals surface area contributed by atoms with E-state index in [0.717, 1.165) is 5.56 Å². The maximum absolute atomic E-state index is 12.2. The predicted octanol–water partition coefficient (Wildman–Crippen LogP) is 3.70. The molecule has 2 aromatic rings. The van der Waals surface area contributed by atoms with Gasteiger partial charge in [0.25, 0.3) is 0 Å². The number of carbonyl (C=O) groups excluding carboxylic acids is 1. The number of hydrogen-bond acceptors (Lipinski definition) is 3. The second kappa shape index (κ2) is 6.84. The second-order valence-electron chi connectivity index (χ2n) is 4.58. The molecule has 0 aliphatic rings. The molecular formula is C15H14Cl2N2O. The molecule has 3 nitrogen and oxygen atoms in total. The first-order chi connectivity index (χ1) is 9.56. The lowest BCUT2D eigenvalue weighted by Crippen LogP contribution is -2.25. The number of ketones is 1. The lowest BCUT2D eigenvalue weighted by molar-refractivity contribution is 0.0943. The fourth-order valence-corrected chi connectivity index (χ4v) is 2.42. The molecule has 0 saturated heterocycles. The van der Waals surface area contributed by atoms with Gasteiger partial charge in [-0.15, -0.1) is 0 Å². The minimum Gasteiger partial charge on any atom is -0.295 e. The van der Waals surface area contributed by atoms with E-state index in [4.69, 9.17) is 23.2 Å². The number of carbonyl (C=O) groups is 1. The summed E-state index contributed by atoms with van der Waals surface area (Å²) in [5.74, 6) is -0.0296. The molecule has 0 amide bonds. The molecule has 20 heavy (non-hydrogen) atoms. The van der Waals surface area contributed by atoms with Gasteiger partial charge in [-0.3, -0.25) is 14.7 Å². The van der Waals surface area contributed by atoms with Gasteiger partial charge in [0.05, 0.1) is 11.6 Å². The molecule has 104 valence electrons. The van der Waals surface area contributed by atoms with Gasteiger partial charge in [-0.05, 0) is 36.9 Å². The zero-order valence-corrected chi connectivity index (χ0v) is 12.5. The van der Waals surface area contributed by atoms with Crippen molar-refractivity contribution in [2.24, 2.45) is 0 Å². The fourth-order valence-electron chi connectivity index (χ4n) is 1.91. The number of pyridine rings is 1. The number of Topliss-reactive ketones (excluding diaryl/α,β-unsaturated/α-hetero) is 1. The van der Waals surface area contributed by atoms with Gasteiger partial charge in [-0.2, -0.15) is 0 Å². The SMILES string of the molecule is CN(CC(=O)c1ccc(Cl)cc1Cl)Cc1cccnc1. The standard InChI is InChI=1S/C15H14Cl2N2O/c1-19(9-11-3-2-6-18-8-11)10-15(20)13-5-4-12(16)7-14(13)17/h2-8H,9-10H2,1H3. The summed E-state index contributed by atoms with van der Waals surface area (Å²) in [6, 6.07) is 8.76. The van der Waals surface area contributed by atoms with Gasteiger partial charge in [-0.1, -0.05) is 29.3 Å². The highest BCUT2D eigenvalue weighted by atomic mass is 35.5. The normalized spacial score (nSPS) is 10.8. The average Bonchev–Trinajstić information content (AvgIpc) is 2.39. The zero-order valence-electron chi connectivity index (χ0n) is 11.0. The molecule has 0 N–H and O–H groups in total. The number of benzene rings is 1. The van der Waals surface area contributed by atoms with Crippen molar-refractivity contribution in [3.05, 3.63) is 63.9 Å². The van der Waals surface area contributed by atoms with Gasteiger partial charge in [0.15, 0.2) is 5.78 Å². The number of hydrogen-bond donors (Lipinski definition) is 0. The minimum atomic E-state index is -0.0296. The summed E-state index contributed by atoms with van der Waals surface area (Å²) in [4.78, 5) is 18.2. The van der Waals surface area contributed by atoms with Crippen LogP contribution in [-0.2, 0) is 6.54 Å². The Bertz CT molecular complexity index is 602. The molecule has 0 bridgehead atoms. The first-order valence-corrected chi connectivity index (χ1v) is 6.87. The van der Waals surface area contributed by atoms with Crippen LogP contribution in [0.2, 0.25) is 10.0 Å². The Hall–Kier alpha value is -1.42. The van der Waals surface area contributed by atoms with Gasteiger partial charge in [0.2, 0.25) is 0 Å². The van der Waals surface area contributed by atoms with Crippen molar-refractivity contribution in [3.8, 4) is 0 Å². The van der Waals surface area contributed by atoms with Gasteiger partial charge in [0, 0.05) is 29.5 Å². The fraction of sp³-hybridized carbons (Fsp3) is 0.200. The molecule has 0 saturated carbocycles. The van der Waals surface area contributed by atoms with Gasteiger partial charge in [-0.25, -0.2) is 0 Å². The third kappa shape index (κ3) is 4.04. The number of aromatic nitrogens is 1. The van der Waals surface area contributed by atoms with Crippen molar-refractivity contribution in [2.75, 3.05) is 13.6 Å². The predicted molar refractivity (Wildman–Crippen MR) is 81.4 cm³/mol. The third-order valence-corrected chi connectivity index (χ3v) is 3.37. The lowest BCUT2D eigenvalue weighted by atomic mass is 10.1. The van der Waals surface area contributed by atoms with E-state index in [-0.39, 0.29) is 12.3 Å². The van der Waals surface area contributed by atoms with Crippen LogP contribution >= 0.6 is 23.2 Å². The average molecular weight is 309 g/mol. The maximum Gasteiger partial charge on any atom is 0.178 e. The highest BCUT2D eigenvalue weighted by Crippen LogP contribution is 2.21. The van der Waals surface area contributed by atoms with E-state index in [2.05, 4.69) is 4.98 Å². The highest BCUT2D eigenvalue weighted by molar-refractivity contribution is 6.36. The molecule has 5 heteroatoms. The van der Waals surface area contributed by atoms with Crippen LogP contribution in [0.25, 0.3) is 0 Å². The van der Waals surface area contributed by atoms with E-state index in [0.29, 0.717) is 22.2 Å². The van der Waals surface area contributed by atoms with Crippen LogP contribution in [0.4, 0.5) is 0 Å². The first-order valence-electron chi connectivity index (χ1n) is 6.12. The number of nitrogens with zero attached hydrogens (tertiary/aromatic N) is 2. The van der Waals surface area contributed by atoms with Crippen molar-refractivity contribution in [1.29, 1.82) is 0 Å². The Morgan fingerprint density at radius 2 is 2.10 bits per heavy atom. The summed E-state index contributed by atoms with van der Waals surface area (Å²) in [5.41, 5.74) is 1.55. The first kappa shape index (κ1) is 15.0. The van der Waals surface area contributed by atoms with Crippen LogP contribution in [0, 0.1) is 0 Å². The van der Waals surface area contributed by atoms with Crippen LogP contribution < -0.4 is 0 Å². The minimum absolute atomic E-state index is 0.0296. The largest absolute Gasteiger partial charge is 0.295 e. The summed E-state index contributed by atoms with van der Waals surface area (Å²) in [5, 5.41) is 0.910. The van der Waals surface area contributed by atoms with Gasteiger partial charge >= 0.3 is 0 Å². The van der Waals surface area contributed by atoms with Crippen LogP contribution in [0.1, 0.15) is 15.9 Å². The van der Waals surface area contributed by atoms with Gasteiger partial charge < -0.3 is 0 Å². The number of likely N-dealkylation sites (N-methyl/N-ethyl adjacent to an activating group) is 1.